The number of nitrogens with one attached hydrogen (secondary N) is 2. The van der Waals surface area contributed by atoms with Gasteiger partial charge in [0.15, 0.2) is 5.96 Å². The maximum absolute atomic E-state index is 4.30. The van der Waals surface area contributed by atoms with E-state index in [1.807, 2.05) is 31.3 Å². The number of hydrogen-bond donors (Lipinski definition) is 2. The van der Waals surface area contributed by atoms with Gasteiger partial charge < -0.3 is 10.2 Å². The number of aromatic amines is 1. The van der Waals surface area contributed by atoms with Crippen molar-refractivity contribution in [3.8, 4) is 0 Å². The molecule has 0 aliphatic carbocycles. The van der Waals surface area contributed by atoms with E-state index in [-0.39, 0.29) is 24.0 Å². The molecule has 2 aromatic rings. The molecule has 0 amide bonds. The van der Waals surface area contributed by atoms with Gasteiger partial charge >= 0.3 is 0 Å². The monoisotopic (exact) mass is 463 g/mol. The summed E-state index contributed by atoms with van der Waals surface area (Å²) in [4.78, 5) is 6.37. The van der Waals surface area contributed by atoms with Crippen LogP contribution in [0.1, 0.15) is 11.3 Å². The van der Waals surface area contributed by atoms with Crippen molar-refractivity contribution in [2.45, 2.75) is 13.1 Å². The van der Waals surface area contributed by atoms with E-state index in [0.29, 0.717) is 6.54 Å². The average Bonchev–Trinajstić information content (AvgIpc) is 2.95. The summed E-state index contributed by atoms with van der Waals surface area (Å²) in [5.41, 5.74) is 2.25. The Morgan fingerprint density at radius 2 is 2.14 bits per heavy atom. The largest absolute Gasteiger partial charge is 0.351 e. The minimum atomic E-state index is 0. The molecule has 0 aliphatic rings. The zero-order chi connectivity index (χ0) is 14.4. The minimum absolute atomic E-state index is 0. The van der Waals surface area contributed by atoms with Gasteiger partial charge in [0.05, 0.1) is 12.2 Å². The standard InChI is InChI=1S/C14H18BrN5.HI/c1-16-14(17-9-12-7-8-18-19-12)20(2)10-11-5-3-4-6-13(11)15;/h3-8H,9-10H2,1-2H3,(H,16,17)(H,18,19);1H. The molecule has 0 radical (unpaired) electrons. The summed E-state index contributed by atoms with van der Waals surface area (Å²) in [6.07, 6.45) is 1.74. The number of halogens is 2. The Bertz CT molecular complexity index is 571. The van der Waals surface area contributed by atoms with Crippen molar-refractivity contribution in [1.82, 2.24) is 20.4 Å². The van der Waals surface area contributed by atoms with Crippen LogP contribution in [-0.4, -0.2) is 35.2 Å². The molecule has 21 heavy (non-hydrogen) atoms. The van der Waals surface area contributed by atoms with Crippen LogP contribution in [-0.2, 0) is 13.1 Å². The van der Waals surface area contributed by atoms with Crippen LogP contribution in [0.15, 0.2) is 46.0 Å². The van der Waals surface area contributed by atoms with Crippen molar-refractivity contribution >= 4 is 45.9 Å². The van der Waals surface area contributed by atoms with Gasteiger partial charge in [0.2, 0.25) is 0 Å². The van der Waals surface area contributed by atoms with Gasteiger partial charge in [-0.1, -0.05) is 34.1 Å². The molecule has 0 aliphatic heterocycles. The van der Waals surface area contributed by atoms with Gasteiger partial charge in [-0.3, -0.25) is 10.1 Å². The third kappa shape index (κ3) is 5.31. The quantitative estimate of drug-likeness (QED) is 0.416. The first-order valence-corrected chi connectivity index (χ1v) is 7.13. The fraction of sp³-hybridized carbons (Fsp3) is 0.286. The van der Waals surface area contributed by atoms with Crippen molar-refractivity contribution in [2.24, 2.45) is 4.99 Å². The van der Waals surface area contributed by atoms with Gasteiger partial charge in [0.25, 0.3) is 0 Å². The number of benzene rings is 1. The first kappa shape index (κ1) is 18.0. The molecular formula is C14H19BrIN5. The summed E-state index contributed by atoms with van der Waals surface area (Å²) in [5.74, 6) is 0.843. The number of nitrogens with zero attached hydrogens (tertiary/aromatic N) is 3. The molecular weight excluding hydrogens is 445 g/mol. The molecule has 0 spiro atoms. The van der Waals surface area contributed by atoms with Gasteiger partial charge in [-0.15, -0.1) is 24.0 Å². The smallest absolute Gasteiger partial charge is 0.194 e. The molecule has 0 bridgehead atoms. The van der Waals surface area contributed by atoms with Crippen LogP contribution in [0.3, 0.4) is 0 Å². The maximum Gasteiger partial charge on any atom is 0.194 e. The molecule has 2 N–H and O–H groups in total. The maximum atomic E-state index is 4.30. The number of rotatable bonds is 4. The normalized spacial score (nSPS) is 10.9. The van der Waals surface area contributed by atoms with Crippen LogP contribution in [0.5, 0.6) is 0 Å². The Labute approximate surface area is 150 Å². The molecule has 1 heterocycles. The lowest BCUT2D eigenvalue weighted by Crippen LogP contribution is -2.38. The van der Waals surface area contributed by atoms with Crippen molar-refractivity contribution in [1.29, 1.82) is 0 Å². The SMILES string of the molecule is CN=C(NCc1ccn[nH]1)N(C)Cc1ccccc1Br.I. The molecule has 5 nitrogen and oxygen atoms in total. The van der Waals surface area contributed by atoms with Crippen LogP contribution in [0, 0.1) is 0 Å². The number of guanidine groups is 1. The second-order valence-corrected chi connectivity index (χ2v) is 5.28. The van der Waals surface area contributed by atoms with E-state index in [4.69, 9.17) is 0 Å². The van der Waals surface area contributed by atoms with Crippen LogP contribution in [0.25, 0.3) is 0 Å². The highest BCUT2D eigenvalue weighted by atomic mass is 127. The van der Waals surface area contributed by atoms with E-state index in [1.54, 1.807) is 13.2 Å². The summed E-state index contributed by atoms with van der Waals surface area (Å²) in [7, 11) is 3.80. The third-order valence-electron chi connectivity index (χ3n) is 2.93. The highest BCUT2D eigenvalue weighted by Crippen LogP contribution is 2.17. The molecule has 0 saturated heterocycles. The number of aromatic nitrogens is 2. The second-order valence-electron chi connectivity index (χ2n) is 4.43. The summed E-state index contributed by atoms with van der Waals surface area (Å²) in [6, 6.07) is 10.1. The van der Waals surface area contributed by atoms with Crippen LogP contribution in [0.2, 0.25) is 0 Å². The lowest BCUT2D eigenvalue weighted by Gasteiger charge is -2.22. The molecule has 0 saturated carbocycles. The first-order valence-electron chi connectivity index (χ1n) is 6.34. The lowest BCUT2D eigenvalue weighted by atomic mass is 10.2. The third-order valence-corrected chi connectivity index (χ3v) is 3.71. The average molecular weight is 464 g/mol. The molecule has 7 heteroatoms. The molecule has 0 unspecified atom stereocenters. The van der Waals surface area contributed by atoms with E-state index >= 15 is 0 Å². The zero-order valence-corrected chi connectivity index (χ0v) is 15.9. The van der Waals surface area contributed by atoms with Crippen LogP contribution in [0.4, 0.5) is 0 Å². The Morgan fingerprint density at radius 1 is 1.38 bits per heavy atom. The summed E-state index contributed by atoms with van der Waals surface area (Å²) < 4.78 is 1.11. The predicted molar refractivity (Wildman–Crippen MR) is 99.8 cm³/mol. The Hall–Kier alpha value is -1.09. The molecule has 1 aromatic carbocycles. The molecule has 1 aromatic heterocycles. The number of aliphatic imine (C=N–C) groups is 1. The van der Waals surface area contributed by atoms with Crippen molar-refractivity contribution in [2.75, 3.05) is 14.1 Å². The summed E-state index contributed by atoms with van der Waals surface area (Å²) >= 11 is 3.57. The fourth-order valence-electron chi connectivity index (χ4n) is 1.90. The van der Waals surface area contributed by atoms with Crippen molar-refractivity contribution < 1.29 is 0 Å². The first-order chi connectivity index (χ1) is 9.70. The number of H-pyrrole nitrogens is 1. The van der Waals surface area contributed by atoms with Gasteiger partial charge in [0.1, 0.15) is 0 Å². The highest BCUT2D eigenvalue weighted by molar-refractivity contribution is 14.0. The van der Waals surface area contributed by atoms with Gasteiger partial charge in [0, 0.05) is 31.3 Å². The summed E-state index contributed by atoms with van der Waals surface area (Å²) in [5, 5.41) is 10.1. The Morgan fingerprint density at radius 3 is 2.76 bits per heavy atom. The molecule has 2 rings (SSSR count). The second kappa shape index (κ2) is 9.04. The van der Waals surface area contributed by atoms with Crippen LogP contribution >= 0.6 is 39.9 Å². The van der Waals surface area contributed by atoms with E-state index < -0.39 is 0 Å². The Kier molecular flexibility index (Phi) is 7.73. The topological polar surface area (TPSA) is 56.3 Å². The van der Waals surface area contributed by atoms with Crippen molar-refractivity contribution in [3.05, 3.63) is 52.3 Å². The van der Waals surface area contributed by atoms with E-state index in [2.05, 4.69) is 47.4 Å². The van der Waals surface area contributed by atoms with Gasteiger partial charge in [-0.2, -0.15) is 5.10 Å². The van der Waals surface area contributed by atoms with Crippen LogP contribution < -0.4 is 5.32 Å². The minimum Gasteiger partial charge on any atom is -0.351 e. The summed E-state index contributed by atoms with van der Waals surface area (Å²) in [6.45, 7) is 1.46. The lowest BCUT2D eigenvalue weighted by molar-refractivity contribution is 0.475. The van der Waals surface area contributed by atoms with Gasteiger partial charge in [-0.25, -0.2) is 0 Å². The predicted octanol–water partition coefficient (Wildman–Crippen LogP) is 3.00. The highest BCUT2D eigenvalue weighted by Gasteiger charge is 2.08. The van der Waals surface area contributed by atoms with Gasteiger partial charge in [-0.05, 0) is 17.7 Å². The number of hydrogen-bond acceptors (Lipinski definition) is 2. The van der Waals surface area contributed by atoms with E-state index in [1.165, 1.54) is 5.56 Å². The zero-order valence-electron chi connectivity index (χ0n) is 12.0. The molecule has 0 atom stereocenters. The van der Waals surface area contributed by atoms with E-state index in [0.717, 1.165) is 22.7 Å². The Balaban J connectivity index is 0.00000220. The molecule has 114 valence electrons. The molecule has 0 fully saturated rings. The van der Waals surface area contributed by atoms with Crippen molar-refractivity contribution in [3.63, 3.8) is 0 Å². The fourth-order valence-corrected chi connectivity index (χ4v) is 2.31. The van der Waals surface area contributed by atoms with E-state index in [9.17, 15) is 0 Å².